The number of carbonyl (C=O) groups excluding carboxylic acids is 2. The van der Waals surface area contributed by atoms with Crippen LogP contribution in [0.3, 0.4) is 0 Å². The zero-order chi connectivity index (χ0) is 15.1. The number of para-hydroxylation sites is 1. The van der Waals surface area contributed by atoms with Gasteiger partial charge in [0.25, 0.3) is 0 Å². The molecule has 0 aliphatic rings. The van der Waals surface area contributed by atoms with E-state index < -0.39 is 30.3 Å². The molecule has 1 rings (SSSR count). The van der Waals surface area contributed by atoms with Crippen LogP contribution in [0.25, 0.3) is 0 Å². The summed E-state index contributed by atoms with van der Waals surface area (Å²) in [5.41, 5.74) is 5.38. The van der Waals surface area contributed by atoms with E-state index in [1.165, 1.54) is 13.1 Å². The van der Waals surface area contributed by atoms with Crippen molar-refractivity contribution in [2.75, 3.05) is 0 Å². The molecule has 1 aromatic carbocycles. The maximum atomic E-state index is 10.9. The Morgan fingerprint density at radius 1 is 1.40 bits per heavy atom. The minimum absolute atomic E-state index is 0.256. The second-order valence-electron chi connectivity index (χ2n) is 3.93. The fourth-order valence-electron chi connectivity index (χ4n) is 1.40. The highest BCUT2D eigenvalue weighted by molar-refractivity contribution is 5.89. The van der Waals surface area contributed by atoms with Crippen molar-refractivity contribution in [3.8, 4) is 5.75 Å². The smallest absolute Gasteiger partial charge is 0.328 e. The fraction of sp³-hybridized carbons (Fsp3) is 0.231. The number of aliphatic carboxylic acids is 1. The van der Waals surface area contributed by atoms with E-state index in [2.05, 4.69) is 4.99 Å². The minimum Gasteiger partial charge on any atom is -0.480 e. The molecule has 1 amide bonds. The number of ether oxygens (including phenoxy) is 1. The molecule has 0 radical (unpaired) electrons. The van der Waals surface area contributed by atoms with Gasteiger partial charge in [-0.15, -0.1) is 0 Å². The molecule has 1 aromatic rings. The van der Waals surface area contributed by atoms with Crippen LogP contribution in [-0.4, -0.2) is 35.2 Å². The Bertz CT molecular complexity index is 553. The van der Waals surface area contributed by atoms with Crippen molar-refractivity contribution < 1.29 is 24.2 Å². The van der Waals surface area contributed by atoms with Gasteiger partial charge < -0.3 is 15.6 Å². The molecule has 0 saturated carbocycles. The van der Waals surface area contributed by atoms with Gasteiger partial charge in [-0.1, -0.05) is 12.1 Å². The van der Waals surface area contributed by atoms with Crippen LogP contribution in [0.15, 0.2) is 29.3 Å². The van der Waals surface area contributed by atoms with Gasteiger partial charge in [-0.05, 0) is 12.1 Å². The van der Waals surface area contributed by atoms with Gasteiger partial charge in [-0.25, -0.2) is 4.79 Å². The van der Waals surface area contributed by atoms with Gasteiger partial charge in [0.15, 0.2) is 6.04 Å². The monoisotopic (exact) mass is 278 g/mol. The molecule has 0 fully saturated rings. The zero-order valence-corrected chi connectivity index (χ0v) is 10.8. The second-order valence-corrected chi connectivity index (χ2v) is 3.93. The highest BCUT2D eigenvalue weighted by Crippen LogP contribution is 2.16. The van der Waals surface area contributed by atoms with Crippen molar-refractivity contribution in [1.82, 2.24) is 0 Å². The van der Waals surface area contributed by atoms with E-state index in [0.717, 1.165) is 0 Å². The van der Waals surface area contributed by atoms with Gasteiger partial charge >= 0.3 is 11.9 Å². The lowest BCUT2D eigenvalue weighted by molar-refractivity contribution is -0.140. The van der Waals surface area contributed by atoms with Crippen LogP contribution in [-0.2, 0) is 14.4 Å². The van der Waals surface area contributed by atoms with Crippen LogP contribution in [0.2, 0.25) is 0 Å². The summed E-state index contributed by atoms with van der Waals surface area (Å²) in [5, 5.41) is 8.91. The Kier molecular flexibility index (Phi) is 5.40. The molecule has 20 heavy (non-hydrogen) atoms. The quantitative estimate of drug-likeness (QED) is 0.442. The lowest BCUT2D eigenvalue weighted by atomic mass is 10.2. The molecule has 0 aliphatic heterocycles. The summed E-state index contributed by atoms with van der Waals surface area (Å²) in [6, 6.07) is 5.22. The molecular weight excluding hydrogens is 264 g/mol. The summed E-state index contributed by atoms with van der Waals surface area (Å²) < 4.78 is 4.95. The van der Waals surface area contributed by atoms with Crippen molar-refractivity contribution in [3.63, 3.8) is 0 Å². The van der Waals surface area contributed by atoms with Crippen LogP contribution in [0.1, 0.15) is 18.9 Å². The molecule has 1 atom stereocenters. The van der Waals surface area contributed by atoms with Crippen molar-refractivity contribution >= 4 is 24.1 Å². The van der Waals surface area contributed by atoms with Crippen LogP contribution >= 0.6 is 0 Å². The van der Waals surface area contributed by atoms with Crippen LogP contribution in [0.4, 0.5) is 0 Å². The number of rotatable bonds is 6. The first-order valence-electron chi connectivity index (χ1n) is 5.72. The molecular formula is C13H14N2O5. The fourth-order valence-corrected chi connectivity index (χ4v) is 1.40. The number of esters is 1. The first-order valence-corrected chi connectivity index (χ1v) is 5.72. The van der Waals surface area contributed by atoms with Crippen LogP contribution in [0.5, 0.6) is 5.75 Å². The molecule has 0 aromatic heterocycles. The summed E-state index contributed by atoms with van der Waals surface area (Å²) in [7, 11) is 0. The van der Waals surface area contributed by atoms with Crippen molar-refractivity contribution in [2.24, 2.45) is 10.7 Å². The highest BCUT2D eigenvalue weighted by Gasteiger charge is 2.18. The SMILES string of the molecule is CC(=O)Oc1ccccc1C=N[C@@H](CC(N)=O)C(=O)O. The average molecular weight is 278 g/mol. The lowest BCUT2D eigenvalue weighted by Crippen LogP contribution is -2.25. The van der Waals surface area contributed by atoms with E-state index in [4.69, 9.17) is 15.6 Å². The molecule has 0 saturated heterocycles. The first kappa shape index (κ1) is 15.4. The number of carbonyl (C=O) groups is 3. The predicted octanol–water partition coefficient (Wildman–Crippen LogP) is 0.359. The average Bonchev–Trinajstić information content (AvgIpc) is 2.34. The number of nitrogens with two attached hydrogens (primary N) is 1. The summed E-state index contributed by atoms with van der Waals surface area (Å²) in [5.74, 6) is -2.27. The Labute approximate surface area is 115 Å². The van der Waals surface area contributed by atoms with E-state index in [1.807, 2.05) is 0 Å². The molecule has 0 aliphatic carbocycles. The largest absolute Gasteiger partial charge is 0.480 e. The summed E-state index contributed by atoms with van der Waals surface area (Å²) in [4.78, 5) is 36.4. The maximum Gasteiger partial charge on any atom is 0.328 e. The lowest BCUT2D eigenvalue weighted by Gasteiger charge is -2.06. The number of primary amides is 1. The standard InChI is InChI=1S/C13H14N2O5/c1-8(16)20-11-5-3-2-4-9(11)7-15-10(13(18)19)6-12(14)17/h2-5,7,10H,6H2,1H3,(H2,14,17)(H,18,19)/t10-/m0/s1. The zero-order valence-electron chi connectivity index (χ0n) is 10.8. The number of aliphatic imine (C=N–C) groups is 1. The molecule has 0 heterocycles. The van der Waals surface area contributed by atoms with Crippen molar-refractivity contribution in [1.29, 1.82) is 0 Å². The summed E-state index contributed by atoms with van der Waals surface area (Å²) >= 11 is 0. The van der Waals surface area contributed by atoms with Gasteiger partial charge in [0, 0.05) is 18.7 Å². The van der Waals surface area contributed by atoms with Gasteiger partial charge in [0.1, 0.15) is 5.75 Å². The number of carboxylic acid groups (broad SMARTS) is 1. The predicted molar refractivity (Wildman–Crippen MR) is 70.6 cm³/mol. The molecule has 0 unspecified atom stereocenters. The first-order chi connectivity index (χ1) is 9.40. The summed E-state index contributed by atoms with van der Waals surface area (Å²) in [6.45, 7) is 1.25. The highest BCUT2D eigenvalue weighted by atomic mass is 16.5. The van der Waals surface area contributed by atoms with Gasteiger partial charge in [-0.2, -0.15) is 0 Å². The Hall–Kier alpha value is -2.70. The normalized spacial score (nSPS) is 12.1. The Morgan fingerprint density at radius 2 is 2.05 bits per heavy atom. The third-order valence-electron chi connectivity index (χ3n) is 2.25. The number of carboxylic acids is 1. The molecule has 7 nitrogen and oxygen atoms in total. The summed E-state index contributed by atoms with van der Waals surface area (Å²) in [6.07, 6.45) is 0.835. The van der Waals surface area contributed by atoms with E-state index in [0.29, 0.717) is 5.56 Å². The van der Waals surface area contributed by atoms with Crippen LogP contribution in [0, 0.1) is 0 Å². The van der Waals surface area contributed by atoms with Gasteiger partial charge in [0.2, 0.25) is 5.91 Å². The van der Waals surface area contributed by atoms with Gasteiger partial charge in [-0.3, -0.25) is 14.6 Å². The molecule has 0 bridgehead atoms. The van der Waals surface area contributed by atoms with E-state index in [-0.39, 0.29) is 5.75 Å². The minimum atomic E-state index is -1.27. The Balaban J connectivity index is 2.95. The number of benzene rings is 1. The third-order valence-corrected chi connectivity index (χ3v) is 2.25. The van der Waals surface area contributed by atoms with Crippen molar-refractivity contribution in [2.45, 2.75) is 19.4 Å². The molecule has 106 valence electrons. The Morgan fingerprint density at radius 3 is 2.60 bits per heavy atom. The number of amides is 1. The van der Waals surface area contributed by atoms with E-state index in [1.54, 1.807) is 24.3 Å². The maximum absolute atomic E-state index is 10.9. The van der Waals surface area contributed by atoms with Gasteiger partial charge in [0.05, 0.1) is 6.42 Å². The molecule has 7 heteroatoms. The second kappa shape index (κ2) is 7.03. The third kappa shape index (κ3) is 4.89. The van der Waals surface area contributed by atoms with Crippen molar-refractivity contribution in [3.05, 3.63) is 29.8 Å². The topological polar surface area (TPSA) is 119 Å². The number of hydrogen-bond donors (Lipinski definition) is 2. The van der Waals surface area contributed by atoms with E-state index >= 15 is 0 Å². The number of nitrogens with zero attached hydrogens (tertiary/aromatic N) is 1. The molecule has 0 spiro atoms. The van der Waals surface area contributed by atoms with Crippen LogP contribution < -0.4 is 10.5 Å². The molecule has 3 N–H and O–H groups in total. The van der Waals surface area contributed by atoms with E-state index in [9.17, 15) is 14.4 Å². The number of hydrogen-bond acceptors (Lipinski definition) is 5.